The molecule has 100 valence electrons. The maximum Gasteiger partial charge on any atom is 0.337 e. The van der Waals surface area contributed by atoms with Crippen molar-refractivity contribution in [2.75, 3.05) is 16.4 Å². The molecule has 0 radical (unpaired) electrons. The molecule has 1 saturated heterocycles. The molecule has 0 spiro atoms. The number of carbonyl (C=O) groups is 3. The van der Waals surface area contributed by atoms with Crippen LogP contribution in [-0.4, -0.2) is 34.4 Å². The minimum absolute atomic E-state index is 0.0889. The second kappa shape index (κ2) is 5.64. The summed E-state index contributed by atoms with van der Waals surface area (Å²) in [6.45, 7) is 0. The molecular formula is C11H7Br2NO4S. The summed E-state index contributed by atoms with van der Waals surface area (Å²) in [5.74, 6) is -1.70. The summed E-state index contributed by atoms with van der Waals surface area (Å²) < 4.78 is 0.930. The number of aromatic carboxylic acids is 1. The van der Waals surface area contributed by atoms with Crippen molar-refractivity contribution in [1.82, 2.24) is 0 Å². The van der Waals surface area contributed by atoms with Gasteiger partial charge >= 0.3 is 5.97 Å². The third kappa shape index (κ3) is 2.85. The molecule has 2 amide bonds. The molecule has 1 aromatic carbocycles. The molecule has 0 atom stereocenters. The third-order valence-corrected chi connectivity index (χ3v) is 4.40. The highest BCUT2D eigenvalue weighted by atomic mass is 79.9. The number of nitrogens with zero attached hydrogens (tertiary/aromatic N) is 1. The lowest BCUT2D eigenvalue weighted by atomic mass is 10.1. The van der Waals surface area contributed by atoms with Crippen molar-refractivity contribution in [3.8, 4) is 0 Å². The van der Waals surface area contributed by atoms with Crippen LogP contribution in [0.15, 0.2) is 21.1 Å². The molecule has 0 aliphatic carbocycles. The van der Waals surface area contributed by atoms with Gasteiger partial charge in [-0.1, -0.05) is 15.9 Å². The molecule has 0 aromatic heterocycles. The highest BCUT2D eigenvalue weighted by Crippen LogP contribution is 2.35. The van der Waals surface area contributed by atoms with Crippen LogP contribution in [0.1, 0.15) is 10.4 Å². The van der Waals surface area contributed by atoms with Gasteiger partial charge in [-0.2, -0.15) is 0 Å². The van der Waals surface area contributed by atoms with E-state index in [0.717, 1.165) is 4.90 Å². The fourth-order valence-corrected chi connectivity index (χ4v) is 3.81. The van der Waals surface area contributed by atoms with E-state index in [2.05, 4.69) is 31.9 Å². The van der Waals surface area contributed by atoms with E-state index in [1.807, 2.05) is 0 Å². The van der Waals surface area contributed by atoms with Gasteiger partial charge in [-0.3, -0.25) is 9.59 Å². The lowest BCUT2D eigenvalue weighted by Gasteiger charge is -2.26. The maximum absolute atomic E-state index is 11.9. The molecule has 0 bridgehead atoms. The Kier molecular flexibility index (Phi) is 4.32. The first-order valence-electron chi connectivity index (χ1n) is 5.07. The summed E-state index contributed by atoms with van der Waals surface area (Å²) >= 11 is 7.61. The summed E-state index contributed by atoms with van der Waals surface area (Å²) in [6, 6.07) is 2.97. The van der Waals surface area contributed by atoms with Crippen LogP contribution in [0.5, 0.6) is 0 Å². The van der Waals surface area contributed by atoms with Crippen LogP contribution < -0.4 is 4.90 Å². The van der Waals surface area contributed by atoms with Gasteiger partial charge in [-0.15, -0.1) is 11.8 Å². The van der Waals surface area contributed by atoms with Crippen LogP contribution in [0.25, 0.3) is 0 Å². The molecule has 1 aromatic rings. The standard InChI is InChI=1S/C11H7Br2NO4S/c12-5-1-6(11(17)18)10(7(13)2-5)14-8(15)3-19-4-9(14)16/h1-2H,3-4H2,(H,17,18). The number of rotatable bonds is 2. The minimum Gasteiger partial charge on any atom is -0.478 e. The highest BCUT2D eigenvalue weighted by Gasteiger charge is 2.32. The zero-order valence-electron chi connectivity index (χ0n) is 9.35. The van der Waals surface area contributed by atoms with Gasteiger partial charge in [0, 0.05) is 8.95 Å². The number of benzene rings is 1. The van der Waals surface area contributed by atoms with Crippen molar-refractivity contribution in [2.24, 2.45) is 0 Å². The molecule has 0 unspecified atom stereocenters. The number of halogens is 2. The second-order valence-electron chi connectivity index (χ2n) is 3.70. The summed E-state index contributed by atoms with van der Waals surface area (Å²) in [6.07, 6.45) is 0. The molecule has 1 aliphatic rings. The highest BCUT2D eigenvalue weighted by molar-refractivity contribution is 9.11. The number of anilines is 1. The summed E-state index contributed by atoms with van der Waals surface area (Å²) in [5, 5.41) is 9.22. The van der Waals surface area contributed by atoms with Crippen molar-refractivity contribution in [1.29, 1.82) is 0 Å². The van der Waals surface area contributed by atoms with E-state index in [0.29, 0.717) is 8.95 Å². The molecule has 0 saturated carbocycles. The molecule has 2 rings (SSSR count). The Morgan fingerprint density at radius 3 is 2.32 bits per heavy atom. The number of carboxylic acids is 1. The van der Waals surface area contributed by atoms with Gasteiger partial charge in [0.2, 0.25) is 11.8 Å². The quantitative estimate of drug-likeness (QED) is 0.761. The molecule has 1 fully saturated rings. The van der Waals surface area contributed by atoms with Crippen LogP contribution in [0.4, 0.5) is 5.69 Å². The summed E-state index contributed by atoms with van der Waals surface area (Å²) in [4.78, 5) is 36.0. The van der Waals surface area contributed by atoms with Crippen molar-refractivity contribution in [3.63, 3.8) is 0 Å². The van der Waals surface area contributed by atoms with Gasteiger partial charge in [-0.05, 0) is 28.1 Å². The second-order valence-corrected chi connectivity index (χ2v) is 6.46. The number of hydrogen-bond acceptors (Lipinski definition) is 4. The van der Waals surface area contributed by atoms with E-state index in [4.69, 9.17) is 0 Å². The number of imide groups is 1. The number of thioether (sulfide) groups is 1. The van der Waals surface area contributed by atoms with Gasteiger partial charge in [0.05, 0.1) is 22.8 Å². The summed E-state index contributed by atoms with van der Waals surface area (Å²) in [5.41, 5.74) is -0.0131. The average molecular weight is 409 g/mol. The van der Waals surface area contributed by atoms with Crippen LogP contribution in [0.2, 0.25) is 0 Å². The molecular weight excluding hydrogens is 402 g/mol. The number of hydrogen-bond donors (Lipinski definition) is 1. The first kappa shape index (κ1) is 14.5. The molecule has 5 nitrogen and oxygen atoms in total. The van der Waals surface area contributed by atoms with Crippen molar-refractivity contribution < 1.29 is 19.5 Å². The number of amides is 2. The van der Waals surface area contributed by atoms with Gasteiger partial charge < -0.3 is 5.11 Å². The normalized spacial score (nSPS) is 15.8. The fraction of sp³-hybridized carbons (Fsp3) is 0.182. The van der Waals surface area contributed by atoms with E-state index in [1.165, 1.54) is 17.8 Å². The number of carbonyl (C=O) groups excluding carboxylic acids is 2. The van der Waals surface area contributed by atoms with Crippen molar-refractivity contribution in [2.45, 2.75) is 0 Å². The van der Waals surface area contributed by atoms with Crippen LogP contribution in [0, 0.1) is 0 Å². The zero-order chi connectivity index (χ0) is 14.2. The Morgan fingerprint density at radius 2 is 1.79 bits per heavy atom. The summed E-state index contributed by atoms with van der Waals surface area (Å²) in [7, 11) is 0. The molecule has 19 heavy (non-hydrogen) atoms. The largest absolute Gasteiger partial charge is 0.478 e. The van der Waals surface area contributed by atoms with Crippen LogP contribution in [-0.2, 0) is 9.59 Å². The topological polar surface area (TPSA) is 74.7 Å². The zero-order valence-corrected chi connectivity index (χ0v) is 13.3. The van der Waals surface area contributed by atoms with E-state index < -0.39 is 17.8 Å². The molecule has 1 heterocycles. The van der Waals surface area contributed by atoms with Crippen LogP contribution in [0.3, 0.4) is 0 Å². The maximum atomic E-state index is 11.9. The fourth-order valence-electron chi connectivity index (χ4n) is 1.70. The Morgan fingerprint density at radius 1 is 1.21 bits per heavy atom. The Bertz CT molecular complexity index is 574. The van der Waals surface area contributed by atoms with Crippen molar-refractivity contribution >= 4 is 67.1 Å². The van der Waals surface area contributed by atoms with Gasteiger partial charge in [0.25, 0.3) is 0 Å². The smallest absolute Gasteiger partial charge is 0.337 e. The first-order valence-corrected chi connectivity index (χ1v) is 7.81. The Balaban J connectivity index is 2.63. The number of carboxylic acid groups (broad SMARTS) is 1. The van der Waals surface area contributed by atoms with Crippen LogP contribution >= 0.6 is 43.6 Å². The van der Waals surface area contributed by atoms with E-state index >= 15 is 0 Å². The third-order valence-electron chi connectivity index (χ3n) is 2.43. The average Bonchev–Trinajstić information content (AvgIpc) is 2.30. The predicted molar refractivity (Wildman–Crippen MR) is 78.6 cm³/mol. The van der Waals surface area contributed by atoms with Crippen molar-refractivity contribution in [3.05, 3.63) is 26.6 Å². The minimum atomic E-state index is -1.20. The van der Waals surface area contributed by atoms with E-state index in [1.54, 1.807) is 6.07 Å². The van der Waals surface area contributed by atoms with Gasteiger partial charge in [-0.25, -0.2) is 9.69 Å². The first-order chi connectivity index (χ1) is 8.91. The Labute approximate surface area is 129 Å². The lowest BCUT2D eigenvalue weighted by molar-refractivity contribution is -0.124. The van der Waals surface area contributed by atoms with E-state index in [-0.39, 0.29) is 22.8 Å². The SMILES string of the molecule is O=C(O)c1cc(Br)cc(Br)c1N1C(=O)CSCC1=O. The molecule has 1 aliphatic heterocycles. The monoisotopic (exact) mass is 407 g/mol. The molecule has 8 heteroatoms. The Hall–Kier alpha value is -0.860. The lowest BCUT2D eigenvalue weighted by Crippen LogP contribution is -2.44. The van der Waals surface area contributed by atoms with E-state index in [9.17, 15) is 19.5 Å². The van der Waals surface area contributed by atoms with Gasteiger partial charge in [0.15, 0.2) is 0 Å². The van der Waals surface area contributed by atoms with Gasteiger partial charge in [0.1, 0.15) is 0 Å². The predicted octanol–water partition coefficient (Wildman–Crippen LogP) is 2.52. The molecule has 1 N–H and O–H groups in total.